The number of aromatic nitrogens is 4. The smallest absolute Gasteiger partial charge is 0.232 e. The van der Waals surface area contributed by atoms with Crippen molar-refractivity contribution in [2.75, 3.05) is 10.5 Å². The third-order valence-corrected chi connectivity index (χ3v) is 4.86. The fraction of sp³-hybridized carbons (Fsp3) is 0.235. The van der Waals surface area contributed by atoms with Crippen LogP contribution in [0.25, 0.3) is 5.82 Å². The SMILES string of the molecule is CCCS(=O)(=O)Nc1ccc(Oc2cc(-n3cccn3)nc(C)n2)cc1. The van der Waals surface area contributed by atoms with Crippen molar-refractivity contribution in [1.82, 2.24) is 19.7 Å². The average molecular weight is 373 g/mol. The van der Waals surface area contributed by atoms with Gasteiger partial charge in [-0.2, -0.15) is 10.1 Å². The van der Waals surface area contributed by atoms with Gasteiger partial charge < -0.3 is 4.74 Å². The van der Waals surface area contributed by atoms with Gasteiger partial charge >= 0.3 is 0 Å². The van der Waals surface area contributed by atoms with Gasteiger partial charge in [-0.05, 0) is 43.7 Å². The van der Waals surface area contributed by atoms with E-state index in [4.69, 9.17) is 4.74 Å². The first kappa shape index (κ1) is 17.9. The Morgan fingerprint density at radius 1 is 1.19 bits per heavy atom. The second-order valence-electron chi connectivity index (χ2n) is 5.61. The largest absolute Gasteiger partial charge is 0.439 e. The Morgan fingerprint density at radius 2 is 1.96 bits per heavy atom. The summed E-state index contributed by atoms with van der Waals surface area (Å²) in [7, 11) is -3.31. The number of aryl methyl sites for hydroxylation is 1. The van der Waals surface area contributed by atoms with E-state index in [0.717, 1.165) is 0 Å². The van der Waals surface area contributed by atoms with Gasteiger partial charge in [-0.15, -0.1) is 0 Å². The molecule has 0 aliphatic carbocycles. The Kier molecular flexibility index (Phi) is 5.17. The number of ether oxygens (including phenoxy) is 1. The number of nitrogens with one attached hydrogen (secondary N) is 1. The minimum absolute atomic E-state index is 0.0850. The van der Waals surface area contributed by atoms with Crippen molar-refractivity contribution in [3.8, 4) is 17.4 Å². The van der Waals surface area contributed by atoms with Crippen LogP contribution in [0.15, 0.2) is 48.8 Å². The summed E-state index contributed by atoms with van der Waals surface area (Å²) in [5.41, 5.74) is 0.488. The van der Waals surface area contributed by atoms with Crippen LogP contribution in [-0.2, 0) is 10.0 Å². The van der Waals surface area contributed by atoms with Gasteiger partial charge in [-0.1, -0.05) is 6.92 Å². The van der Waals surface area contributed by atoms with Gasteiger partial charge in [0.2, 0.25) is 15.9 Å². The Balaban J connectivity index is 1.75. The minimum Gasteiger partial charge on any atom is -0.439 e. The van der Waals surface area contributed by atoms with Crippen LogP contribution < -0.4 is 9.46 Å². The van der Waals surface area contributed by atoms with E-state index in [9.17, 15) is 8.42 Å². The quantitative estimate of drug-likeness (QED) is 0.684. The van der Waals surface area contributed by atoms with Crippen molar-refractivity contribution in [2.24, 2.45) is 0 Å². The molecule has 0 saturated heterocycles. The van der Waals surface area contributed by atoms with E-state index in [1.54, 1.807) is 60.4 Å². The van der Waals surface area contributed by atoms with E-state index in [0.29, 0.717) is 35.4 Å². The molecule has 0 radical (unpaired) electrons. The molecule has 0 saturated carbocycles. The highest BCUT2D eigenvalue weighted by atomic mass is 32.2. The molecule has 9 heteroatoms. The molecule has 136 valence electrons. The molecule has 3 rings (SSSR count). The standard InChI is InChI=1S/C17H19N5O3S/c1-3-11-26(23,24)21-14-5-7-15(8-6-14)25-17-12-16(19-13(2)20-17)22-10-4-9-18-22/h4-10,12,21H,3,11H2,1-2H3. The Morgan fingerprint density at radius 3 is 2.62 bits per heavy atom. The van der Waals surface area contributed by atoms with Crippen LogP contribution in [-0.4, -0.2) is 33.9 Å². The first-order valence-electron chi connectivity index (χ1n) is 8.09. The normalized spacial score (nSPS) is 11.3. The maximum absolute atomic E-state index is 11.8. The Hall–Kier alpha value is -2.94. The molecule has 2 heterocycles. The van der Waals surface area contributed by atoms with Crippen molar-refractivity contribution >= 4 is 15.7 Å². The van der Waals surface area contributed by atoms with Crippen LogP contribution in [0.4, 0.5) is 5.69 Å². The lowest BCUT2D eigenvalue weighted by molar-refractivity contribution is 0.459. The summed E-state index contributed by atoms with van der Waals surface area (Å²) in [6, 6.07) is 10.1. The van der Waals surface area contributed by atoms with E-state index < -0.39 is 10.0 Å². The van der Waals surface area contributed by atoms with E-state index in [2.05, 4.69) is 19.8 Å². The molecule has 26 heavy (non-hydrogen) atoms. The second-order valence-corrected chi connectivity index (χ2v) is 7.45. The molecule has 0 atom stereocenters. The van der Waals surface area contributed by atoms with E-state index in [-0.39, 0.29) is 5.75 Å². The molecule has 0 aliphatic heterocycles. The number of hydrogen-bond acceptors (Lipinski definition) is 6. The van der Waals surface area contributed by atoms with Gasteiger partial charge in [0.15, 0.2) is 5.82 Å². The summed E-state index contributed by atoms with van der Waals surface area (Å²) in [4.78, 5) is 8.58. The summed E-state index contributed by atoms with van der Waals surface area (Å²) in [5.74, 6) is 2.15. The molecule has 0 amide bonds. The van der Waals surface area contributed by atoms with Crippen molar-refractivity contribution < 1.29 is 13.2 Å². The summed E-state index contributed by atoms with van der Waals surface area (Å²) < 4.78 is 33.5. The predicted molar refractivity (Wildman–Crippen MR) is 98.1 cm³/mol. The van der Waals surface area contributed by atoms with Crippen molar-refractivity contribution in [2.45, 2.75) is 20.3 Å². The number of rotatable bonds is 7. The van der Waals surface area contributed by atoms with Crippen LogP contribution in [0.1, 0.15) is 19.2 Å². The third kappa shape index (κ3) is 4.57. The number of benzene rings is 1. The first-order chi connectivity index (χ1) is 12.4. The van der Waals surface area contributed by atoms with Gasteiger partial charge in [0.25, 0.3) is 0 Å². The molecule has 2 aromatic heterocycles. The lowest BCUT2D eigenvalue weighted by atomic mass is 10.3. The zero-order chi connectivity index (χ0) is 18.6. The fourth-order valence-corrected chi connectivity index (χ4v) is 3.45. The summed E-state index contributed by atoms with van der Waals surface area (Å²) in [5, 5.41) is 4.14. The second kappa shape index (κ2) is 7.52. The fourth-order valence-electron chi connectivity index (χ4n) is 2.31. The molecule has 0 spiro atoms. The molecule has 1 N–H and O–H groups in total. The molecule has 0 aliphatic rings. The van der Waals surface area contributed by atoms with Gasteiger partial charge in [0.05, 0.1) is 5.75 Å². The van der Waals surface area contributed by atoms with Crippen LogP contribution in [0, 0.1) is 6.92 Å². The van der Waals surface area contributed by atoms with Crippen LogP contribution in [0.2, 0.25) is 0 Å². The van der Waals surface area contributed by atoms with E-state index in [1.807, 2.05) is 6.92 Å². The average Bonchev–Trinajstić information content (AvgIpc) is 3.10. The topological polar surface area (TPSA) is 99.0 Å². The highest BCUT2D eigenvalue weighted by Crippen LogP contribution is 2.23. The Labute approximate surface area is 151 Å². The minimum atomic E-state index is -3.31. The van der Waals surface area contributed by atoms with Gasteiger partial charge in [0.1, 0.15) is 11.6 Å². The zero-order valence-electron chi connectivity index (χ0n) is 14.5. The predicted octanol–water partition coefficient (Wildman–Crippen LogP) is 2.91. The van der Waals surface area contributed by atoms with E-state index in [1.165, 1.54) is 0 Å². The molecule has 1 aromatic carbocycles. The van der Waals surface area contributed by atoms with E-state index >= 15 is 0 Å². The number of anilines is 1. The van der Waals surface area contributed by atoms with Gasteiger partial charge in [0, 0.05) is 24.1 Å². The van der Waals surface area contributed by atoms with Crippen LogP contribution >= 0.6 is 0 Å². The van der Waals surface area contributed by atoms with Crippen molar-refractivity contribution in [3.05, 3.63) is 54.6 Å². The molecule has 8 nitrogen and oxygen atoms in total. The molecular weight excluding hydrogens is 354 g/mol. The van der Waals surface area contributed by atoms with Crippen molar-refractivity contribution in [1.29, 1.82) is 0 Å². The molecule has 0 unspecified atom stereocenters. The summed E-state index contributed by atoms with van der Waals surface area (Å²) in [6.07, 6.45) is 4.00. The lowest BCUT2D eigenvalue weighted by Gasteiger charge is -2.10. The highest BCUT2D eigenvalue weighted by molar-refractivity contribution is 7.92. The van der Waals surface area contributed by atoms with Gasteiger partial charge in [-0.25, -0.2) is 18.1 Å². The molecule has 3 aromatic rings. The highest BCUT2D eigenvalue weighted by Gasteiger charge is 2.10. The first-order valence-corrected chi connectivity index (χ1v) is 9.74. The van der Waals surface area contributed by atoms with Crippen LogP contribution in [0.3, 0.4) is 0 Å². The zero-order valence-corrected chi connectivity index (χ0v) is 15.3. The number of hydrogen-bond donors (Lipinski definition) is 1. The van der Waals surface area contributed by atoms with Gasteiger partial charge in [-0.3, -0.25) is 4.72 Å². The number of nitrogens with zero attached hydrogens (tertiary/aromatic N) is 4. The molecule has 0 fully saturated rings. The molecular formula is C17H19N5O3S. The molecule has 0 bridgehead atoms. The maximum atomic E-state index is 11.8. The summed E-state index contributed by atoms with van der Waals surface area (Å²) in [6.45, 7) is 3.59. The number of sulfonamides is 1. The lowest BCUT2D eigenvalue weighted by Crippen LogP contribution is -2.15. The summed E-state index contributed by atoms with van der Waals surface area (Å²) >= 11 is 0. The Bertz CT molecular complexity index is 970. The maximum Gasteiger partial charge on any atom is 0.232 e. The monoisotopic (exact) mass is 373 g/mol. The third-order valence-electron chi connectivity index (χ3n) is 3.36. The van der Waals surface area contributed by atoms with Crippen LogP contribution in [0.5, 0.6) is 11.6 Å². The van der Waals surface area contributed by atoms with Crippen molar-refractivity contribution in [3.63, 3.8) is 0 Å².